The molecule has 8 heteroatoms. The van der Waals surface area contributed by atoms with Gasteiger partial charge in [0.25, 0.3) is 0 Å². The summed E-state index contributed by atoms with van der Waals surface area (Å²) in [5.74, 6) is -2.39. The number of thioether (sulfide) groups is 1. The standard InChI is InChI=1S/C10H11NO6S/c12-6-3-7-11(6)9(10(15)16)5(18-7)1-2-17-4-8(13)14/h7H,1-4H2,(H,13,14)(H,15,16)/t7-/m1/s1. The Morgan fingerprint density at radius 1 is 1.44 bits per heavy atom. The quantitative estimate of drug-likeness (QED) is 0.521. The molecular formula is C10H11NO6S. The Bertz CT molecular complexity index is 446. The maximum absolute atomic E-state index is 11.3. The third kappa shape index (κ3) is 2.34. The van der Waals surface area contributed by atoms with Gasteiger partial charge in [0, 0.05) is 11.3 Å². The van der Waals surface area contributed by atoms with Crippen molar-refractivity contribution in [2.45, 2.75) is 18.2 Å². The molecule has 2 aliphatic heterocycles. The molecule has 2 N–H and O–H groups in total. The fourth-order valence-corrected chi connectivity index (χ4v) is 3.21. The predicted octanol–water partition coefficient (Wildman–Crippen LogP) is 0.0791. The van der Waals surface area contributed by atoms with E-state index < -0.39 is 18.5 Å². The Morgan fingerprint density at radius 2 is 2.17 bits per heavy atom. The molecule has 2 rings (SSSR count). The van der Waals surface area contributed by atoms with Crippen LogP contribution in [0.5, 0.6) is 0 Å². The Morgan fingerprint density at radius 3 is 2.72 bits per heavy atom. The molecule has 7 nitrogen and oxygen atoms in total. The van der Waals surface area contributed by atoms with Crippen LogP contribution in [0.2, 0.25) is 0 Å². The van der Waals surface area contributed by atoms with Crippen LogP contribution in [0.4, 0.5) is 0 Å². The molecule has 0 saturated carbocycles. The highest BCUT2D eigenvalue weighted by Crippen LogP contribution is 2.47. The SMILES string of the molecule is O=C(O)COCCC1=C(C(=O)O)N2C(=O)C[C@H]2S1. The lowest BCUT2D eigenvalue weighted by Gasteiger charge is -2.33. The molecule has 0 aromatic rings. The minimum absolute atomic E-state index is 0.0141. The molecule has 98 valence electrons. The fraction of sp³-hybridized carbons (Fsp3) is 0.500. The molecule has 0 aromatic heterocycles. The first-order valence-corrected chi connectivity index (χ1v) is 6.13. The number of aliphatic carboxylic acids is 2. The number of amides is 1. The maximum atomic E-state index is 11.3. The van der Waals surface area contributed by atoms with Crippen molar-refractivity contribution >= 4 is 29.6 Å². The summed E-state index contributed by atoms with van der Waals surface area (Å²) in [4.78, 5) is 34.5. The van der Waals surface area contributed by atoms with Crippen molar-refractivity contribution in [2.75, 3.05) is 13.2 Å². The van der Waals surface area contributed by atoms with E-state index in [4.69, 9.17) is 14.9 Å². The normalized spacial score (nSPS) is 21.9. The summed E-state index contributed by atoms with van der Waals surface area (Å²) >= 11 is 1.34. The van der Waals surface area contributed by atoms with Gasteiger partial charge < -0.3 is 14.9 Å². The highest BCUT2D eigenvalue weighted by Gasteiger charge is 2.47. The number of hydrogen-bond donors (Lipinski definition) is 2. The number of ether oxygens (including phenoxy) is 1. The number of fused-ring (bicyclic) bond motifs is 1. The zero-order valence-electron chi connectivity index (χ0n) is 9.29. The number of carboxylic acid groups (broad SMARTS) is 2. The van der Waals surface area contributed by atoms with Crippen LogP contribution in [0.15, 0.2) is 10.6 Å². The van der Waals surface area contributed by atoms with Crippen molar-refractivity contribution in [2.24, 2.45) is 0 Å². The molecule has 1 fully saturated rings. The van der Waals surface area contributed by atoms with Crippen LogP contribution in [0.25, 0.3) is 0 Å². The van der Waals surface area contributed by atoms with Crippen molar-refractivity contribution in [1.29, 1.82) is 0 Å². The minimum atomic E-state index is -1.13. The average molecular weight is 273 g/mol. The van der Waals surface area contributed by atoms with Crippen LogP contribution >= 0.6 is 11.8 Å². The van der Waals surface area contributed by atoms with Gasteiger partial charge in [0.1, 0.15) is 12.3 Å². The number of carboxylic acids is 2. The molecule has 2 heterocycles. The summed E-state index contributed by atoms with van der Waals surface area (Å²) in [7, 11) is 0. The van der Waals surface area contributed by atoms with E-state index in [0.717, 1.165) is 0 Å². The molecule has 0 aromatic carbocycles. The first-order chi connectivity index (χ1) is 8.50. The highest BCUT2D eigenvalue weighted by atomic mass is 32.2. The molecule has 0 radical (unpaired) electrons. The number of rotatable bonds is 6. The molecule has 18 heavy (non-hydrogen) atoms. The molecule has 2 aliphatic rings. The fourth-order valence-electron chi connectivity index (χ4n) is 1.83. The average Bonchev–Trinajstić information content (AvgIpc) is 2.57. The molecule has 1 amide bonds. The van der Waals surface area contributed by atoms with Gasteiger partial charge in [-0.25, -0.2) is 9.59 Å². The Hall–Kier alpha value is -1.54. The summed E-state index contributed by atoms with van der Waals surface area (Å²) in [5.41, 5.74) is 0.0141. The smallest absolute Gasteiger partial charge is 0.353 e. The third-order valence-corrected chi connectivity index (χ3v) is 3.92. The lowest BCUT2D eigenvalue weighted by Crippen LogP contribution is -2.48. The van der Waals surface area contributed by atoms with Gasteiger partial charge in [-0.05, 0) is 0 Å². The van der Waals surface area contributed by atoms with E-state index >= 15 is 0 Å². The number of β-lactam (4-membered cyclic amide) rings is 1. The van der Waals surface area contributed by atoms with Crippen molar-refractivity contribution < 1.29 is 29.3 Å². The van der Waals surface area contributed by atoms with Gasteiger partial charge in [-0.2, -0.15) is 0 Å². The van der Waals surface area contributed by atoms with E-state index in [2.05, 4.69) is 0 Å². The van der Waals surface area contributed by atoms with Crippen LogP contribution in [0.1, 0.15) is 12.8 Å². The monoisotopic (exact) mass is 273 g/mol. The molecule has 0 spiro atoms. The van der Waals surface area contributed by atoms with Gasteiger partial charge in [0.05, 0.1) is 18.4 Å². The van der Waals surface area contributed by atoms with Crippen LogP contribution in [0, 0.1) is 0 Å². The molecule has 0 unspecified atom stereocenters. The summed E-state index contributed by atoms with van der Waals surface area (Å²) in [6.45, 7) is -0.285. The van der Waals surface area contributed by atoms with Gasteiger partial charge in [-0.1, -0.05) is 0 Å². The number of carbonyl (C=O) groups excluding carboxylic acids is 1. The largest absolute Gasteiger partial charge is 0.480 e. The lowest BCUT2D eigenvalue weighted by molar-refractivity contribution is -0.145. The first kappa shape index (κ1) is 12.9. The number of carbonyl (C=O) groups is 3. The summed E-state index contributed by atoms with van der Waals surface area (Å²) < 4.78 is 4.86. The Balaban J connectivity index is 1.96. The predicted molar refractivity (Wildman–Crippen MR) is 60.6 cm³/mol. The van der Waals surface area contributed by atoms with Crippen molar-refractivity contribution in [3.63, 3.8) is 0 Å². The maximum Gasteiger partial charge on any atom is 0.353 e. The van der Waals surface area contributed by atoms with Gasteiger partial charge >= 0.3 is 11.9 Å². The first-order valence-electron chi connectivity index (χ1n) is 5.25. The van der Waals surface area contributed by atoms with E-state index in [1.807, 2.05) is 0 Å². The summed E-state index contributed by atoms with van der Waals surface area (Å²) in [6, 6.07) is 0. The van der Waals surface area contributed by atoms with Gasteiger partial charge in [0.2, 0.25) is 5.91 Å². The summed E-state index contributed by atoms with van der Waals surface area (Å²) in [5, 5.41) is 17.3. The Kier molecular flexibility index (Phi) is 3.58. The molecular weight excluding hydrogens is 262 g/mol. The third-order valence-electron chi connectivity index (χ3n) is 2.59. The van der Waals surface area contributed by atoms with Crippen LogP contribution in [-0.2, 0) is 19.1 Å². The van der Waals surface area contributed by atoms with Gasteiger partial charge in [0.15, 0.2) is 0 Å². The van der Waals surface area contributed by atoms with E-state index in [-0.39, 0.29) is 23.6 Å². The molecule has 1 saturated heterocycles. The van der Waals surface area contributed by atoms with Crippen LogP contribution in [-0.4, -0.2) is 51.5 Å². The second-order valence-electron chi connectivity index (χ2n) is 3.81. The highest BCUT2D eigenvalue weighted by molar-refractivity contribution is 8.04. The zero-order valence-corrected chi connectivity index (χ0v) is 10.1. The Labute approximate surface area is 106 Å². The van der Waals surface area contributed by atoms with E-state index in [1.54, 1.807) is 0 Å². The zero-order chi connectivity index (χ0) is 13.3. The van der Waals surface area contributed by atoms with Gasteiger partial charge in [-0.3, -0.25) is 9.69 Å². The second kappa shape index (κ2) is 4.99. The van der Waals surface area contributed by atoms with E-state index in [0.29, 0.717) is 17.7 Å². The van der Waals surface area contributed by atoms with Crippen LogP contribution < -0.4 is 0 Å². The van der Waals surface area contributed by atoms with Crippen molar-refractivity contribution in [1.82, 2.24) is 4.90 Å². The lowest BCUT2D eigenvalue weighted by atomic mass is 10.1. The van der Waals surface area contributed by atoms with Gasteiger partial charge in [-0.15, -0.1) is 11.8 Å². The topological polar surface area (TPSA) is 104 Å². The van der Waals surface area contributed by atoms with Crippen LogP contribution in [0.3, 0.4) is 0 Å². The minimum Gasteiger partial charge on any atom is -0.480 e. The van der Waals surface area contributed by atoms with Crippen molar-refractivity contribution in [3.05, 3.63) is 10.6 Å². The molecule has 0 aliphatic carbocycles. The van der Waals surface area contributed by atoms with Crippen molar-refractivity contribution in [3.8, 4) is 0 Å². The number of hydrogen-bond acceptors (Lipinski definition) is 5. The number of nitrogens with zero attached hydrogens (tertiary/aromatic N) is 1. The molecule has 1 atom stereocenters. The molecule has 0 bridgehead atoms. The second-order valence-corrected chi connectivity index (χ2v) is 5.09. The summed E-state index contributed by atoms with van der Waals surface area (Å²) in [6.07, 6.45) is 0.654. The van der Waals surface area contributed by atoms with E-state index in [1.165, 1.54) is 16.7 Å². The van der Waals surface area contributed by atoms with E-state index in [9.17, 15) is 14.4 Å².